The van der Waals surface area contributed by atoms with E-state index in [2.05, 4.69) is 21.4 Å². The maximum Gasteiger partial charge on any atom is 0.266 e. The SMILES string of the molecule is Cc1ccc(-c2csc(NC(=O)C3CCN(c4oc(-c5ccco5)nc4C#N)CC3)n2)cc1. The molecule has 5 rings (SSSR count). The number of thiazole rings is 1. The number of hydrogen-bond acceptors (Lipinski definition) is 8. The highest BCUT2D eigenvalue weighted by molar-refractivity contribution is 7.14. The van der Waals surface area contributed by atoms with Gasteiger partial charge in [-0.05, 0) is 31.9 Å². The fraction of sp³-hybridized carbons (Fsp3) is 0.250. The third-order valence-electron chi connectivity index (χ3n) is 5.68. The van der Waals surface area contributed by atoms with E-state index in [-0.39, 0.29) is 23.4 Å². The van der Waals surface area contributed by atoms with Crippen LogP contribution in [0.5, 0.6) is 0 Å². The molecule has 1 amide bonds. The van der Waals surface area contributed by atoms with Crippen LogP contribution in [0.4, 0.5) is 11.0 Å². The molecule has 1 aromatic carbocycles. The first-order chi connectivity index (χ1) is 16.1. The van der Waals surface area contributed by atoms with Crippen molar-refractivity contribution in [2.24, 2.45) is 5.92 Å². The van der Waals surface area contributed by atoms with E-state index >= 15 is 0 Å². The third-order valence-corrected chi connectivity index (χ3v) is 6.44. The Kier molecular flexibility index (Phi) is 5.67. The number of oxazole rings is 1. The van der Waals surface area contributed by atoms with Gasteiger partial charge in [-0.1, -0.05) is 29.8 Å². The molecule has 1 N–H and O–H groups in total. The van der Waals surface area contributed by atoms with E-state index in [9.17, 15) is 10.1 Å². The number of carbonyl (C=O) groups excluding carboxylic acids is 1. The lowest BCUT2D eigenvalue weighted by Crippen LogP contribution is -2.38. The minimum Gasteiger partial charge on any atom is -0.459 e. The zero-order chi connectivity index (χ0) is 22.8. The van der Waals surface area contributed by atoms with Crippen molar-refractivity contribution in [3.05, 3.63) is 59.3 Å². The van der Waals surface area contributed by atoms with Gasteiger partial charge < -0.3 is 19.1 Å². The standard InChI is InChI=1S/C24H21N5O3S/c1-15-4-6-16(7-5-15)19-14-33-24(27-19)28-21(30)17-8-10-29(11-9-17)23-18(13-25)26-22(32-23)20-3-2-12-31-20/h2-7,12,14,17H,8-11H2,1H3,(H,27,28,30). The fourth-order valence-corrected chi connectivity index (χ4v) is 4.57. The molecule has 0 unspecified atom stereocenters. The molecular formula is C24H21N5O3S. The second kappa shape index (κ2) is 8.92. The molecule has 0 atom stereocenters. The van der Waals surface area contributed by atoms with Gasteiger partial charge >= 0.3 is 0 Å². The van der Waals surface area contributed by atoms with Crippen molar-refractivity contribution in [2.75, 3.05) is 23.3 Å². The Morgan fingerprint density at radius 3 is 2.70 bits per heavy atom. The molecule has 33 heavy (non-hydrogen) atoms. The molecule has 166 valence electrons. The van der Waals surface area contributed by atoms with Gasteiger partial charge in [0.15, 0.2) is 10.9 Å². The zero-order valence-corrected chi connectivity index (χ0v) is 18.8. The van der Waals surface area contributed by atoms with Crippen molar-refractivity contribution in [1.82, 2.24) is 9.97 Å². The number of nitrogens with zero attached hydrogens (tertiary/aromatic N) is 4. The summed E-state index contributed by atoms with van der Waals surface area (Å²) in [5.41, 5.74) is 3.29. The number of carbonyl (C=O) groups is 1. The summed E-state index contributed by atoms with van der Waals surface area (Å²) in [6.07, 6.45) is 2.81. The first-order valence-corrected chi connectivity index (χ1v) is 11.5. The van der Waals surface area contributed by atoms with Gasteiger partial charge in [0, 0.05) is 30.0 Å². The number of rotatable bonds is 5. The zero-order valence-electron chi connectivity index (χ0n) is 17.9. The average molecular weight is 460 g/mol. The Morgan fingerprint density at radius 1 is 1.21 bits per heavy atom. The molecule has 1 aliphatic heterocycles. The maximum atomic E-state index is 12.8. The number of hydrogen-bond donors (Lipinski definition) is 1. The van der Waals surface area contributed by atoms with Crippen LogP contribution in [0.25, 0.3) is 22.9 Å². The predicted molar refractivity (Wildman–Crippen MR) is 125 cm³/mol. The smallest absolute Gasteiger partial charge is 0.266 e. The normalized spacial score (nSPS) is 14.2. The minimum absolute atomic E-state index is 0.0335. The topological polar surface area (TPSA) is 108 Å². The Labute approximate surface area is 194 Å². The van der Waals surface area contributed by atoms with Gasteiger partial charge in [-0.2, -0.15) is 10.2 Å². The molecule has 0 radical (unpaired) electrons. The van der Waals surface area contributed by atoms with Crippen molar-refractivity contribution in [2.45, 2.75) is 19.8 Å². The van der Waals surface area contributed by atoms with Gasteiger partial charge in [-0.15, -0.1) is 11.3 Å². The Bertz CT molecular complexity index is 1290. The molecule has 1 saturated heterocycles. The van der Waals surface area contributed by atoms with Crippen LogP contribution in [-0.2, 0) is 4.79 Å². The number of furan rings is 1. The first-order valence-electron chi connectivity index (χ1n) is 10.6. The van der Waals surface area contributed by atoms with E-state index in [0.29, 0.717) is 42.7 Å². The van der Waals surface area contributed by atoms with E-state index < -0.39 is 0 Å². The van der Waals surface area contributed by atoms with Gasteiger partial charge in [0.1, 0.15) is 6.07 Å². The lowest BCUT2D eigenvalue weighted by molar-refractivity contribution is -0.120. The summed E-state index contributed by atoms with van der Waals surface area (Å²) in [5.74, 6) is 1.00. The van der Waals surface area contributed by atoms with Crippen LogP contribution in [0.3, 0.4) is 0 Å². The number of nitriles is 1. The second-order valence-electron chi connectivity index (χ2n) is 7.92. The largest absolute Gasteiger partial charge is 0.459 e. The van der Waals surface area contributed by atoms with Gasteiger partial charge in [0.05, 0.1) is 12.0 Å². The lowest BCUT2D eigenvalue weighted by Gasteiger charge is -2.30. The van der Waals surface area contributed by atoms with Gasteiger partial charge in [-0.3, -0.25) is 4.79 Å². The first kappa shape index (κ1) is 21.0. The summed E-state index contributed by atoms with van der Waals surface area (Å²) < 4.78 is 11.1. The molecular weight excluding hydrogens is 438 g/mol. The summed E-state index contributed by atoms with van der Waals surface area (Å²) in [6, 6.07) is 13.7. The van der Waals surface area contributed by atoms with E-state index in [0.717, 1.165) is 11.3 Å². The number of amides is 1. The highest BCUT2D eigenvalue weighted by atomic mass is 32.1. The second-order valence-corrected chi connectivity index (χ2v) is 8.77. The van der Waals surface area contributed by atoms with Crippen molar-refractivity contribution < 1.29 is 13.6 Å². The number of benzene rings is 1. The average Bonchev–Trinajstić information content (AvgIpc) is 3.60. The molecule has 8 nitrogen and oxygen atoms in total. The third kappa shape index (κ3) is 4.38. The highest BCUT2D eigenvalue weighted by Gasteiger charge is 2.29. The van der Waals surface area contributed by atoms with Gasteiger partial charge in [0.25, 0.3) is 5.89 Å². The van der Waals surface area contributed by atoms with Crippen molar-refractivity contribution in [3.63, 3.8) is 0 Å². The Balaban J connectivity index is 1.21. The van der Waals surface area contributed by atoms with Crippen LogP contribution in [0, 0.1) is 24.2 Å². The van der Waals surface area contributed by atoms with E-state index in [1.807, 2.05) is 41.5 Å². The predicted octanol–water partition coefficient (Wildman–Crippen LogP) is 5.09. The van der Waals surface area contributed by atoms with Crippen molar-refractivity contribution in [3.8, 4) is 29.0 Å². The molecule has 4 heterocycles. The van der Waals surface area contributed by atoms with Crippen LogP contribution in [0.15, 0.2) is 56.9 Å². The van der Waals surface area contributed by atoms with Gasteiger partial charge in [-0.25, -0.2) is 4.98 Å². The molecule has 1 fully saturated rings. The van der Waals surface area contributed by atoms with E-state index in [1.54, 1.807) is 12.1 Å². The van der Waals surface area contributed by atoms with Crippen LogP contribution >= 0.6 is 11.3 Å². The fourth-order valence-electron chi connectivity index (χ4n) is 3.85. The molecule has 0 spiro atoms. The van der Waals surface area contributed by atoms with Crippen LogP contribution in [0.1, 0.15) is 24.1 Å². The Morgan fingerprint density at radius 2 is 2.00 bits per heavy atom. The summed E-state index contributed by atoms with van der Waals surface area (Å²) in [7, 11) is 0. The number of nitrogens with one attached hydrogen (secondary N) is 1. The van der Waals surface area contributed by atoms with Crippen LogP contribution in [0.2, 0.25) is 0 Å². The summed E-state index contributed by atoms with van der Waals surface area (Å²) in [5, 5.41) is 15.0. The molecule has 9 heteroatoms. The maximum absolute atomic E-state index is 12.8. The van der Waals surface area contributed by atoms with Gasteiger partial charge in [0.2, 0.25) is 17.5 Å². The minimum atomic E-state index is -0.133. The van der Waals surface area contributed by atoms with Crippen LogP contribution < -0.4 is 10.2 Å². The molecule has 1 aliphatic rings. The summed E-state index contributed by atoms with van der Waals surface area (Å²) in [4.78, 5) is 23.6. The number of anilines is 2. The molecule has 0 saturated carbocycles. The quantitative estimate of drug-likeness (QED) is 0.443. The highest BCUT2D eigenvalue weighted by Crippen LogP contribution is 2.32. The molecule has 4 aromatic rings. The van der Waals surface area contributed by atoms with E-state index in [4.69, 9.17) is 8.83 Å². The summed E-state index contributed by atoms with van der Waals surface area (Å²) in [6.45, 7) is 3.22. The lowest BCUT2D eigenvalue weighted by atomic mass is 9.96. The Hall–Kier alpha value is -3.90. The molecule has 0 aliphatic carbocycles. The van der Waals surface area contributed by atoms with E-state index in [1.165, 1.54) is 23.2 Å². The van der Waals surface area contributed by atoms with Crippen molar-refractivity contribution in [1.29, 1.82) is 5.26 Å². The number of piperidine rings is 1. The number of aryl methyl sites for hydroxylation is 1. The summed E-state index contributed by atoms with van der Waals surface area (Å²) >= 11 is 1.42. The monoisotopic (exact) mass is 459 g/mol. The molecule has 3 aromatic heterocycles. The van der Waals surface area contributed by atoms with Crippen molar-refractivity contribution >= 4 is 28.3 Å². The molecule has 0 bridgehead atoms. The van der Waals surface area contributed by atoms with Crippen LogP contribution in [-0.4, -0.2) is 29.0 Å². The number of aromatic nitrogens is 2.